The number of nitrogens with zero attached hydrogens (tertiary/aromatic N) is 2. The van der Waals surface area contributed by atoms with Gasteiger partial charge in [-0.3, -0.25) is 0 Å². The molecule has 2 N–H and O–H groups in total. The lowest BCUT2D eigenvalue weighted by Gasteiger charge is -2.28. The van der Waals surface area contributed by atoms with Crippen LogP contribution in [0.5, 0.6) is 0 Å². The summed E-state index contributed by atoms with van der Waals surface area (Å²) in [7, 11) is 0. The van der Waals surface area contributed by atoms with Crippen molar-refractivity contribution in [1.29, 1.82) is 0 Å². The fourth-order valence-corrected chi connectivity index (χ4v) is 1.56. The van der Waals surface area contributed by atoms with Gasteiger partial charge in [0.1, 0.15) is 0 Å². The van der Waals surface area contributed by atoms with Gasteiger partial charge >= 0.3 is 0 Å². The second kappa shape index (κ2) is 3.46. The molecule has 0 spiro atoms. The molecule has 1 saturated carbocycles. The van der Waals surface area contributed by atoms with Gasteiger partial charge in [0, 0.05) is 6.42 Å². The Morgan fingerprint density at radius 3 is 2.85 bits per heavy atom. The molecule has 0 aromatic carbocycles. The van der Waals surface area contributed by atoms with E-state index in [1.54, 1.807) is 0 Å². The van der Waals surface area contributed by atoms with Gasteiger partial charge in [-0.25, -0.2) is 0 Å². The molecule has 13 heavy (non-hydrogen) atoms. The Kier molecular flexibility index (Phi) is 2.31. The predicted molar refractivity (Wildman–Crippen MR) is 47.9 cm³/mol. The van der Waals surface area contributed by atoms with Crippen LogP contribution in [0, 0.1) is 5.92 Å². The van der Waals surface area contributed by atoms with Gasteiger partial charge in [0.25, 0.3) is 0 Å². The maximum Gasteiger partial charge on any atom is 0.226 e. The van der Waals surface area contributed by atoms with E-state index in [0.717, 1.165) is 6.42 Å². The zero-order valence-corrected chi connectivity index (χ0v) is 7.86. The van der Waals surface area contributed by atoms with Crippen molar-refractivity contribution < 1.29 is 4.52 Å². The first kappa shape index (κ1) is 8.69. The van der Waals surface area contributed by atoms with Crippen LogP contribution in [0.15, 0.2) is 4.52 Å². The molecule has 0 aliphatic heterocycles. The summed E-state index contributed by atoms with van der Waals surface area (Å²) in [5.74, 6) is 1.94. The number of hydrogen-bond donors (Lipinski definition) is 1. The van der Waals surface area contributed by atoms with Crippen LogP contribution >= 0.6 is 0 Å². The SMILES string of the molecule is CCc1nc(C(N)C2CCC2)no1. The Balaban J connectivity index is 2.05. The Bertz CT molecular complexity index is 280. The van der Waals surface area contributed by atoms with Gasteiger partial charge in [0.2, 0.25) is 5.89 Å². The summed E-state index contributed by atoms with van der Waals surface area (Å²) in [6.45, 7) is 1.99. The highest BCUT2D eigenvalue weighted by atomic mass is 16.5. The first-order valence-electron chi connectivity index (χ1n) is 4.89. The molecule has 4 nitrogen and oxygen atoms in total. The van der Waals surface area contributed by atoms with E-state index in [-0.39, 0.29) is 6.04 Å². The summed E-state index contributed by atoms with van der Waals surface area (Å²) in [5, 5.41) is 3.88. The molecular weight excluding hydrogens is 166 g/mol. The number of aromatic nitrogens is 2. The lowest BCUT2D eigenvalue weighted by atomic mass is 9.80. The quantitative estimate of drug-likeness (QED) is 0.766. The number of rotatable bonds is 3. The molecule has 0 bridgehead atoms. The molecule has 0 radical (unpaired) electrons. The predicted octanol–water partition coefficient (Wildman–Crippen LogP) is 1.43. The third-order valence-electron chi connectivity index (χ3n) is 2.74. The minimum atomic E-state index is -0.0159. The monoisotopic (exact) mass is 181 g/mol. The Morgan fingerprint density at radius 2 is 2.38 bits per heavy atom. The maximum absolute atomic E-state index is 5.98. The molecule has 1 aromatic heterocycles. The molecule has 1 unspecified atom stereocenters. The molecule has 1 heterocycles. The van der Waals surface area contributed by atoms with E-state index in [4.69, 9.17) is 10.3 Å². The van der Waals surface area contributed by atoms with Gasteiger partial charge in [0.05, 0.1) is 6.04 Å². The van der Waals surface area contributed by atoms with E-state index in [1.807, 2.05) is 6.92 Å². The summed E-state index contributed by atoms with van der Waals surface area (Å²) in [5.41, 5.74) is 5.98. The van der Waals surface area contributed by atoms with Crippen LogP contribution in [0.4, 0.5) is 0 Å². The van der Waals surface area contributed by atoms with Crippen LogP contribution in [-0.2, 0) is 6.42 Å². The fraction of sp³-hybridized carbons (Fsp3) is 0.778. The summed E-state index contributed by atoms with van der Waals surface area (Å²) in [4.78, 5) is 4.23. The van der Waals surface area contributed by atoms with Crippen LogP contribution < -0.4 is 5.73 Å². The van der Waals surface area contributed by atoms with Crippen molar-refractivity contribution in [2.24, 2.45) is 11.7 Å². The number of hydrogen-bond acceptors (Lipinski definition) is 4. The van der Waals surface area contributed by atoms with Crippen molar-refractivity contribution in [1.82, 2.24) is 10.1 Å². The minimum absolute atomic E-state index is 0.0159. The Morgan fingerprint density at radius 1 is 1.62 bits per heavy atom. The van der Waals surface area contributed by atoms with Gasteiger partial charge < -0.3 is 10.3 Å². The van der Waals surface area contributed by atoms with Gasteiger partial charge in [-0.15, -0.1) is 0 Å². The summed E-state index contributed by atoms with van der Waals surface area (Å²) in [6.07, 6.45) is 4.48. The van der Waals surface area contributed by atoms with Crippen molar-refractivity contribution in [3.8, 4) is 0 Å². The van der Waals surface area contributed by atoms with Crippen LogP contribution in [0.2, 0.25) is 0 Å². The van der Waals surface area contributed by atoms with E-state index in [1.165, 1.54) is 19.3 Å². The first-order chi connectivity index (χ1) is 6.31. The first-order valence-corrected chi connectivity index (χ1v) is 4.89. The lowest BCUT2D eigenvalue weighted by Crippen LogP contribution is -2.27. The number of aryl methyl sites for hydroxylation is 1. The van der Waals surface area contributed by atoms with Crippen molar-refractivity contribution in [3.05, 3.63) is 11.7 Å². The van der Waals surface area contributed by atoms with Crippen molar-refractivity contribution in [2.75, 3.05) is 0 Å². The second-order valence-electron chi connectivity index (χ2n) is 3.62. The van der Waals surface area contributed by atoms with Gasteiger partial charge in [-0.1, -0.05) is 18.5 Å². The molecule has 72 valence electrons. The molecule has 1 aliphatic rings. The molecular formula is C9H15N3O. The van der Waals surface area contributed by atoms with E-state index < -0.39 is 0 Å². The van der Waals surface area contributed by atoms with E-state index in [9.17, 15) is 0 Å². The summed E-state index contributed by atoms with van der Waals surface area (Å²) >= 11 is 0. The van der Waals surface area contributed by atoms with Gasteiger partial charge in [-0.05, 0) is 18.8 Å². The number of nitrogens with two attached hydrogens (primary N) is 1. The molecule has 1 aliphatic carbocycles. The third kappa shape index (κ3) is 1.58. The smallest absolute Gasteiger partial charge is 0.226 e. The average Bonchev–Trinajstić information content (AvgIpc) is 2.48. The van der Waals surface area contributed by atoms with Crippen molar-refractivity contribution in [2.45, 2.75) is 38.6 Å². The van der Waals surface area contributed by atoms with E-state index in [2.05, 4.69) is 10.1 Å². The minimum Gasteiger partial charge on any atom is -0.339 e. The zero-order valence-electron chi connectivity index (χ0n) is 7.86. The molecule has 0 amide bonds. The summed E-state index contributed by atoms with van der Waals surface area (Å²) < 4.78 is 5.01. The highest BCUT2D eigenvalue weighted by molar-refractivity contribution is 4.97. The normalized spacial score (nSPS) is 19.8. The molecule has 2 rings (SSSR count). The van der Waals surface area contributed by atoms with Crippen molar-refractivity contribution >= 4 is 0 Å². The molecule has 1 fully saturated rings. The highest BCUT2D eigenvalue weighted by Crippen LogP contribution is 2.34. The van der Waals surface area contributed by atoms with Crippen molar-refractivity contribution in [3.63, 3.8) is 0 Å². The fourth-order valence-electron chi connectivity index (χ4n) is 1.56. The topological polar surface area (TPSA) is 64.9 Å². The zero-order chi connectivity index (χ0) is 9.26. The van der Waals surface area contributed by atoms with Crippen LogP contribution in [0.3, 0.4) is 0 Å². The van der Waals surface area contributed by atoms with E-state index in [0.29, 0.717) is 17.6 Å². The molecule has 4 heteroatoms. The average molecular weight is 181 g/mol. The lowest BCUT2D eigenvalue weighted by molar-refractivity contribution is 0.252. The standard InChI is InChI=1S/C9H15N3O/c1-2-7-11-9(12-13-7)8(10)6-4-3-5-6/h6,8H,2-5,10H2,1H3. The second-order valence-corrected chi connectivity index (χ2v) is 3.62. The maximum atomic E-state index is 5.98. The highest BCUT2D eigenvalue weighted by Gasteiger charge is 2.28. The Hall–Kier alpha value is -0.900. The van der Waals surface area contributed by atoms with Crippen LogP contribution in [-0.4, -0.2) is 10.1 Å². The van der Waals surface area contributed by atoms with E-state index >= 15 is 0 Å². The molecule has 0 saturated heterocycles. The van der Waals surface area contributed by atoms with Crippen LogP contribution in [0.1, 0.15) is 43.9 Å². The third-order valence-corrected chi connectivity index (χ3v) is 2.74. The summed E-state index contributed by atoms with van der Waals surface area (Å²) in [6, 6.07) is -0.0159. The largest absolute Gasteiger partial charge is 0.339 e. The van der Waals surface area contributed by atoms with Gasteiger partial charge in [-0.2, -0.15) is 4.98 Å². The molecule has 1 aromatic rings. The molecule has 1 atom stereocenters. The van der Waals surface area contributed by atoms with Gasteiger partial charge in [0.15, 0.2) is 5.82 Å². The Labute approximate surface area is 77.5 Å². The van der Waals surface area contributed by atoms with Crippen LogP contribution in [0.25, 0.3) is 0 Å².